The van der Waals surface area contributed by atoms with E-state index in [1.807, 2.05) is 23.8 Å². The van der Waals surface area contributed by atoms with E-state index in [1.165, 1.54) is 12.1 Å². The average Bonchev–Trinajstić information content (AvgIpc) is 2.91. The van der Waals surface area contributed by atoms with Gasteiger partial charge in [-0.15, -0.1) is 0 Å². The number of likely N-dealkylation sites (N-methyl/N-ethyl adjacent to an activating group) is 1. The highest BCUT2D eigenvalue weighted by Gasteiger charge is 2.30. The number of halogens is 3. The van der Waals surface area contributed by atoms with Crippen molar-refractivity contribution in [3.8, 4) is 0 Å². The Hall–Kier alpha value is -1.33. The molecule has 0 saturated carbocycles. The van der Waals surface area contributed by atoms with Crippen LogP contribution in [0.2, 0.25) is 0 Å². The number of hydrogen-bond donors (Lipinski definition) is 1. The second-order valence-electron chi connectivity index (χ2n) is 4.57. The number of benzene rings is 1. The molecule has 1 N–H and O–H groups in total. The van der Waals surface area contributed by atoms with Crippen LogP contribution < -0.4 is 5.32 Å². The van der Waals surface area contributed by atoms with E-state index in [4.69, 9.17) is 0 Å². The van der Waals surface area contributed by atoms with Gasteiger partial charge in [-0.25, -0.2) is 0 Å². The molecule has 1 unspecified atom stereocenters. The Kier molecular flexibility index (Phi) is 4.83. The van der Waals surface area contributed by atoms with Gasteiger partial charge in [-0.1, -0.05) is 25.1 Å². The number of alkyl halides is 3. The SMILES string of the molecule is CCNC(Cc1cccc(C(F)(F)F)c1)c1ccsc1. The van der Waals surface area contributed by atoms with Crippen LogP contribution >= 0.6 is 11.3 Å². The summed E-state index contributed by atoms with van der Waals surface area (Å²) < 4.78 is 38.1. The third kappa shape index (κ3) is 3.84. The molecule has 2 rings (SSSR count). The number of thiophene rings is 1. The lowest BCUT2D eigenvalue weighted by Gasteiger charge is -2.17. The molecule has 0 fully saturated rings. The van der Waals surface area contributed by atoms with Crippen molar-refractivity contribution in [3.05, 3.63) is 57.8 Å². The molecule has 0 spiro atoms. The monoisotopic (exact) mass is 299 g/mol. The minimum absolute atomic E-state index is 0.0507. The molecule has 1 atom stereocenters. The summed E-state index contributed by atoms with van der Waals surface area (Å²) in [4.78, 5) is 0. The van der Waals surface area contributed by atoms with Crippen LogP contribution in [0.4, 0.5) is 13.2 Å². The van der Waals surface area contributed by atoms with E-state index in [0.717, 1.165) is 18.2 Å². The molecule has 2 aromatic rings. The molecule has 1 nitrogen and oxygen atoms in total. The molecule has 0 bridgehead atoms. The van der Waals surface area contributed by atoms with Gasteiger partial charge in [0.15, 0.2) is 0 Å². The molecule has 0 aliphatic rings. The van der Waals surface area contributed by atoms with Gasteiger partial charge in [0.25, 0.3) is 0 Å². The van der Waals surface area contributed by atoms with Gasteiger partial charge in [-0.3, -0.25) is 0 Å². The normalized spacial score (nSPS) is 13.4. The van der Waals surface area contributed by atoms with Gasteiger partial charge in [0.05, 0.1) is 5.56 Å². The Balaban J connectivity index is 2.19. The Morgan fingerprint density at radius 2 is 2.05 bits per heavy atom. The van der Waals surface area contributed by atoms with Gasteiger partial charge in [0, 0.05) is 6.04 Å². The van der Waals surface area contributed by atoms with Gasteiger partial charge in [-0.2, -0.15) is 24.5 Å². The van der Waals surface area contributed by atoms with Gasteiger partial charge >= 0.3 is 6.18 Å². The fourth-order valence-corrected chi connectivity index (χ4v) is 2.85. The van der Waals surface area contributed by atoms with E-state index in [0.29, 0.717) is 12.0 Å². The summed E-state index contributed by atoms with van der Waals surface area (Å²) in [6, 6.07) is 7.61. The van der Waals surface area contributed by atoms with Gasteiger partial charge in [-0.05, 0) is 47.0 Å². The molecule has 0 radical (unpaired) electrons. The van der Waals surface area contributed by atoms with Crippen LogP contribution in [-0.2, 0) is 12.6 Å². The lowest BCUT2D eigenvalue weighted by molar-refractivity contribution is -0.137. The molecule has 0 amide bonds. The van der Waals surface area contributed by atoms with E-state index in [2.05, 4.69) is 5.32 Å². The summed E-state index contributed by atoms with van der Waals surface area (Å²) in [5.41, 5.74) is 1.22. The van der Waals surface area contributed by atoms with E-state index < -0.39 is 11.7 Å². The second-order valence-corrected chi connectivity index (χ2v) is 5.35. The topological polar surface area (TPSA) is 12.0 Å². The van der Waals surface area contributed by atoms with E-state index in [-0.39, 0.29) is 6.04 Å². The van der Waals surface area contributed by atoms with Crippen LogP contribution in [0.3, 0.4) is 0 Å². The molecule has 0 saturated heterocycles. The first kappa shape index (κ1) is 15.1. The van der Waals surface area contributed by atoms with Crippen LogP contribution in [0.15, 0.2) is 41.1 Å². The van der Waals surface area contributed by atoms with Gasteiger partial charge in [0.2, 0.25) is 0 Å². The van der Waals surface area contributed by atoms with Crippen LogP contribution in [0.25, 0.3) is 0 Å². The molecule has 1 aromatic heterocycles. The molecule has 5 heteroatoms. The predicted molar refractivity (Wildman–Crippen MR) is 75.9 cm³/mol. The van der Waals surface area contributed by atoms with Crippen molar-refractivity contribution in [3.63, 3.8) is 0 Å². The molecular formula is C15H16F3NS. The minimum atomic E-state index is -4.29. The smallest absolute Gasteiger partial charge is 0.310 e. The molecular weight excluding hydrogens is 283 g/mol. The van der Waals surface area contributed by atoms with Crippen LogP contribution in [-0.4, -0.2) is 6.54 Å². The fourth-order valence-electron chi connectivity index (χ4n) is 2.14. The summed E-state index contributed by atoms with van der Waals surface area (Å²) in [7, 11) is 0. The largest absolute Gasteiger partial charge is 0.416 e. The molecule has 1 heterocycles. The fraction of sp³-hybridized carbons (Fsp3) is 0.333. The maximum atomic E-state index is 12.7. The molecule has 0 aliphatic heterocycles. The average molecular weight is 299 g/mol. The van der Waals surface area contributed by atoms with Crippen LogP contribution in [0.5, 0.6) is 0 Å². The minimum Gasteiger partial charge on any atom is -0.310 e. The maximum Gasteiger partial charge on any atom is 0.416 e. The number of nitrogens with one attached hydrogen (secondary N) is 1. The zero-order valence-corrected chi connectivity index (χ0v) is 11.9. The highest BCUT2D eigenvalue weighted by Crippen LogP contribution is 2.30. The van der Waals surface area contributed by atoms with Crippen molar-refractivity contribution < 1.29 is 13.2 Å². The van der Waals surface area contributed by atoms with Crippen molar-refractivity contribution in [2.24, 2.45) is 0 Å². The summed E-state index contributed by atoms with van der Waals surface area (Å²) in [5.74, 6) is 0. The van der Waals surface area contributed by atoms with Crippen LogP contribution in [0.1, 0.15) is 29.7 Å². The quantitative estimate of drug-likeness (QED) is 0.846. The van der Waals surface area contributed by atoms with E-state index >= 15 is 0 Å². The first-order valence-electron chi connectivity index (χ1n) is 6.42. The van der Waals surface area contributed by atoms with Crippen LogP contribution in [0, 0.1) is 0 Å². The third-order valence-corrected chi connectivity index (χ3v) is 3.79. The highest BCUT2D eigenvalue weighted by molar-refractivity contribution is 7.07. The van der Waals surface area contributed by atoms with E-state index in [1.54, 1.807) is 17.4 Å². The van der Waals surface area contributed by atoms with Gasteiger partial charge in [0.1, 0.15) is 0 Å². The predicted octanol–water partition coefficient (Wildman–Crippen LogP) is 4.66. The summed E-state index contributed by atoms with van der Waals surface area (Å²) in [5, 5.41) is 7.32. The summed E-state index contributed by atoms with van der Waals surface area (Å²) in [6.45, 7) is 2.77. The Bertz CT molecular complexity index is 534. The Morgan fingerprint density at radius 1 is 1.25 bits per heavy atom. The van der Waals surface area contributed by atoms with Crippen molar-refractivity contribution in [1.29, 1.82) is 0 Å². The molecule has 20 heavy (non-hydrogen) atoms. The second kappa shape index (κ2) is 6.41. The Morgan fingerprint density at radius 3 is 2.65 bits per heavy atom. The van der Waals surface area contributed by atoms with Crippen molar-refractivity contribution in [1.82, 2.24) is 5.32 Å². The number of rotatable bonds is 5. The summed E-state index contributed by atoms with van der Waals surface area (Å²) >= 11 is 1.59. The zero-order valence-electron chi connectivity index (χ0n) is 11.1. The molecule has 1 aromatic carbocycles. The third-order valence-electron chi connectivity index (χ3n) is 3.09. The lowest BCUT2D eigenvalue weighted by atomic mass is 9.99. The van der Waals surface area contributed by atoms with E-state index in [9.17, 15) is 13.2 Å². The maximum absolute atomic E-state index is 12.7. The highest BCUT2D eigenvalue weighted by atomic mass is 32.1. The standard InChI is InChI=1S/C15H16F3NS/c1-2-19-14(12-6-7-20-10-12)9-11-4-3-5-13(8-11)15(16,17)18/h3-8,10,14,19H,2,9H2,1H3. The first-order chi connectivity index (χ1) is 9.50. The van der Waals surface area contributed by atoms with Gasteiger partial charge < -0.3 is 5.32 Å². The molecule has 0 aliphatic carbocycles. The van der Waals surface area contributed by atoms with Crippen molar-refractivity contribution in [2.45, 2.75) is 25.6 Å². The summed E-state index contributed by atoms with van der Waals surface area (Å²) in [6.07, 6.45) is -3.74. The molecule has 108 valence electrons. The van der Waals surface area contributed by atoms with Crippen molar-refractivity contribution >= 4 is 11.3 Å². The number of hydrogen-bond acceptors (Lipinski definition) is 2. The Labute approximate surface area is 120 Å². The lowest BCUT2D eigenvalue weighted by Crippen LogP contribution is -2.22. The first-order valence-corrected chi connectivity index (χ1v) is 7.36. The van der Waals surface area contributed by atoms with Crippen molar-refractivity contribution in [2.75, 3.05) is 6.54 Å². The zero-order chi connectivity index (χ0) is 14.6.